The first kappa shape index (κ1) is 15.5. The maximum atomic E-state index is 12.6. The number of carbonyl (C=O) groups is 1. The first-order valence-electron chi connectivity index (χ1n) is 7.60. The Hall–Kier alpha value is -2.40. The highest BCUT2D eigenvalue weighted by molar-refractivity contribution is 7.17. The summed E-state index contributed by atoms with van der Waals surface area (Å²) in [6, 6.07) is 13.5. The van der Waals surface area contributed by atoms with Crippen LogP contribution in [-0.2, 0) is 0 Å². The first-order chi connectivity index (χ1) is 11.2. The van der Waals surface area contributed by atoms with Gasteiger partial charge in [-0.15, -0.1) is 11.3 Å². The van der Waals surface area contributed by atoms with Gasteiger partial charge in [0, 0.05) is 11.6 Å². The van der Waals surface area contributed by atoms with Gasteiger partial charge in [0.05, 0.1) is 12.0 Å². The highest BCUT2D eigenvalue weighted by Gasteiger charge is 2.21. The van der Waals surface area contributed by atoms with E-state index in [2.05, 4.69) is 10.3 Å². The van der Waals surface area contributed by atoms with Crippen molar-refractivity contribution in [2.75, 3.05) is 0 Å². The van der Waals surface area contributed by atoms with Crippen LogP contribution >= 0.6 is 11.3 Å². The van der Waals surface area contributed by atoms with E-state index in [4.69, 9.17) is 4.42 Å². The van der Waals surface area contributed by atoms with E-state index in [1.807, 2.05) is 56.3 Å². The van der Waals surface area contributed by atoms with Crippen molar-refractivity contribution in [2.24, 2.45) is 0 Å². The number of rotatable bonds is 5. The molecule has 118 valence electrons. The van der Waals surface area contributed by atoms with E-state index in [0.29, 0.717) is 21.3 Å². The second-order valence-corrected chi connectivity index (χ2v) is 6.32. The molecule has 0 aliphatic rings. The van der Waals surface area contributed by atoms with Gasteiger partial charge < -0.3 is 9.73 Å². The van der Waals surface area contributed by atoms with E-state index in [1.165, 1.54) is 11.3 Å². The minimum absolute atomic E-state index is 0.0893. The fraction of sp³-hybridized carbons (Fsp3) is 0.222. The third-order valence-corrected chi connectivity index (χ3v) is 4.67. The number of amides is 1. The Bertz CT molecular complexity index is 779. The molecule has 0 radical (unpaired) electrons. The Morgan fingerprint density at radius 1 is 1.26 bits per heavy atom. The molecule has 1 aromatic carbocycles. The van der Waals surface area contributed by atoms with Crippen molar-refractivity contribution in [3.05, 3.63) is 53.6 Å². The molecule has 3 rings (SSSR count). The molecule has 1 amide bonds. The van der Waals surface area contributed by atoms with Crippen LogP contribution in [0.5, 0.6) is 0 Å². The number of hydrogen-bond donors (Lipinski definition) is 1. The van der Waals surface area contributed by atoms with Gasteiger partial charge in [-0.3, -0.25) is 4.79 Å². The van der Waals surface area contributed by atoms with Crippen molar-refractivity contribution in [3.63, 3.8) is 0 Å². The summed E-state index contributed by atoms with van der Waals surface area (Å²) in [4.78, 5) is 17.9. The summed E-state index contributed by atoms with van der Waals surface area (Å²) in [7, 11) is 0. The number of nitrogens with one attached hydrogen (secondary N) is 1. The summed E-state index contributed by atoms with van der Waals surface area (Å²) in [6.45, 7) is 4.04. The Labute approximate surface area is 139 Å². The lowest BCUT2D eigenvalue weighted by molar-refractivity contribution is 0.0944. The molecule has 1 N–H and O–H groups in total. The summed E-state index contributed by atoms with van der Waals surface area (Å²) in [6.07, 6.45) is 2.49. The highest BCUT2D eigenvalue weighted by Crippen LogP contribution is 2.34. The van der Waals surface area contributed by atoms with Gasteiger partial charge in [-0.05, 0) is 25.5 Å². The minimum Gasteiger partial charge on any atom is -0.462 e. The van der Waals surface area contributed by atoms with Crippen LogP contribution < -0.4 is 5.32 Å². The third-order valence-electron chi connectivity index (χ3n) is 3.60. The van der Waals surface area contributed by atoms with Gasteiger partial charge in [0.1, 0.15) is 4.88 Å². The minimum atomic E-state index is -0.0893. The fourth-order valence-corrected chi connectivity index (χ4v) is 3.12. The maximum Gasteiger partial charge on any atom is 0.263 e. The summed E-state index contributed by atoms with van der Waals surface area (Å²) < 4.78 is 5.42. The van der Waals surface area contributed by atoms with E-state index in [-0.39, 0.29) is 11.9 Å². The SMILES string of the molecule is CCC(C)NC(=O)c1sc(-c2ccco2)nc1-c1ccccc1. The maximum absolute atomic E-state index is 12.6. The predicted molar refractivity (Wildman–Crippen MR) is 92.5 cm³/mol. The van der Waals surface area contributed by atoms with Crippen molar-refractivity contribution >= 4 is 17.2 Å². The Morgan fingerprint density at radius 2 is 2.04 bits per heavy atom. The molecule has 0 spiro atoms. The largest absolute Gasteiger partial charge is 0.462 e. The highest BCUT2D eigenvalue weighted by atomic mass is 32.1. The van der Waals surface area contributed by atoms with Crippen LogP contribution in [0.3, 0.4) is 0 Å². The van der Waals surface area contributed by atoms with Gasteiger partial charge in [-0.1, -0.05) is 37.3 Å². The molecule has 0 saturated heterocycles. The van der Waals surface area contributed by atoms with Gasteiger partial charge in [0.25, 0.3) is 5.91 Å². The van der Waals surface area contributed by atoms with Crippen molar-refractivity contribution in [2.45, 2.75) is 26.3 Å². The molecule has 1 unspecified atom stereocenters. The molecule has 0 aliphatic heterocycles. The molecule has 0 aliphatic carbocycles. The van der Waals surface area contributed by atoms with Gasteiger partial charge in [-0.25, -0.2) is 4.98 Å². The Morgan fingerprint density at radius 3 is 2.70 bits per heavy atom. The van der Waals surface area contributed by atoms with Crippen molar-refractivity contribution in [1.82, 2.24) is 10.3 Å². The molecular weight excluding hydrogens is 308 g/mol. The first-order valence-corrected chi connectivity index (χ1v) is 8.41. The zero-order valence-corrected chi connectivity index (χ0v) is 13.9. The van der Waals surface area contributed by atoms with E-state index in [1.54, 1.807) is 6.26 Å². The lowest BCUT2D eigenvalue weighted by Gasteiger charge is -2.10. The standard InChI is InChI=1S/C18H18N2O2S/c1-3-12(2)19-17(21)16-15(13-8-5-4-6-9-13)20-18(23-16)14-10-7-11-22-14/h4-12H,3H2,1-2H3,(H,19,21). The lowest BCUT2D eigenvalue weighted by Crippen LogP contribution is -2.31. The molecule has 1 atom stereocenters. The number of furan rings is 1. The second kappa shape index (κ2) is 6.79. The molecule has 5 heteroatoms. The number of benzene rings is 1. The molecule has 2 heterocycles. The number of nitrogens with zero attached hydrogens (tertiary/aromatic N) is 1. The van der Waals surface area contributed by atoms with Gasteiger partial charge >= 0.3 is 0 Å². The summed E-state index contributed by atoms with van der Waals surface area (Å²) in [5, 5.41) is 3.73. The quantitative estimate of drug-likeness (QED) is 0.745. The normalized spacial score (nSPS) is 12.1. The molecule has 23 heavy (non-hydrogen) atoms. The van der Waals surface area contributed by atoms with Crippen LogP contribution in [0.25, 0.3) is 22.0 Å². The van der Waals surface area contributed by atoms with Crippen molar-refractivity contribution in [3.8, 4) is 22.0 Å². The molecule has 2 aromatic heterocycles. The number of aromatic nitrogens is 1. The molecule has 4 nitrogen and oxygen atoms in total. The van der Waals surface area contributed by atoms with Crippen LogP contribution in [0.4, 0.5) is 0 Å². The van der Waals surface area contributed by atoms with Crippen LogP contribution in [-0.4, -0.2) is 16.9 Å². The predicted octanol–water partition coefficient (Wildman–Crippen LogP) is 4.60. The lowest BCUT2D eigenvalue weighted by atomic mass is 10.1. The zero-order valence-electron chi connectivity index (χ0n) is 13.1. The molecule has 0 fully saturated rings. The Balaban J connectivity index is 2.04. The van der Waals surface area contributed by atoms with Crippen LogP contribution in [0.1, 0.15) is 29.9 Å². The number of hydrogen-bond acceptors (Lipinski definition) is 4. The van der Waals surface area contributed by atoms with Gasteiger partial charge in [0.2, 0.25) is 0 Å². The average molecular weight is 326 g/mol. The molecular formula is C18H18N2O2S. The van der Waals surface area contributed by atoms with Crippen LogP contribution in [0, 0.1) is 0 Å². The number of carbonyl (C=O) groups excluding carboxylic acids is 1. The zero-order chi connectivity index (χ0) is 16.2. The average Bonchev–Trinajstić information content (AvgIpc) is 3.24. The van der Waals surface area contributed by atoms with E-state index >= 15 is 0 Å². The summed E-state index contributed by atoms with van der Waals surface area (Å²) >= 11 is 1.36. The van der Waals surface area contributed by atoms with Crippen molar-refractivity contribution in [1.29, 1.82) is 0 Å². The molecule has 0 bridgehead atoms. The molecule has 0 saturated carbocycles. The van der Waals surface area contributed by atoms with E-state index in [9.17, 15) is 4.79 Å². The van der Waals surface area contributed by atoms with Gasteiger partial charge in [0.15, 0.2) is 10.8 Å². The van der Waals surface area contributed by atoms with Crippen LogP contribution in [0.2, 0.25) is 0 Å². The van der Waals surface area contributed by atoms with E-state index in [0.717, 1.165) is 12.0 Å². The Kier molecular flexibility index (Phi) is 4.57. The topological polar surface area (TPSA) is 55.1 Å². The van der Waals surface area contributed by atoms with E-state index < -0.39 is 0 Å². The fourth-order valence-electron chi connectivity index (χ4n) is 2.16. The van der Waals surface area contributed by atoms with Crippen molar-refractivity contribution < 1.29 is 9.21 Å². The molecule has 3 aromatic rings. The summed E-state index contributed by atoms with van der Waals surface area (Å²) in [5.41, 5.74) is 1.62. The second-order valence-electron chi connectivity index (χ2n) is 5.32. The smallest absolute Gasteiger partial charge is 0.263 e. The monoisotopic (exact) mass is 326 g/mol. The number of thiazole rings is 1. The van der Waals surface area contributed by atoms with Gasteiger partial charge in [-0.2, -0.15) is 0 Å². The summed E-state index contributed by atoms with van der Waals surface area (Å²) in [5.74, 6) is 0.586. The van der Waals surface area contributed by atoms with Crippen LogP contribution in [0.15, 0.2) is 53.1 Å². The third kappa shape index (κ3) is 3.35.